The average molecular weight is 423 g/mol. The Balaban J connectivity index is 2.04. The molecule has 0 atom stereocenters. The second-order valence-electron chi connectivity index (χ2n) is 5.08. The minimum absolute atomic E-state index is 0.0264. The molecule has 0 saturated carbocycles. The second-order valence-corrected chi connectivity index (χ2v) is 7.10. The Morgan fingerprint density at radius 1 is 1.07 bits per heavy atom. The molecule has 0 bridgehead atoms. The van der Waals surface area contributed by atoms with E-state index in [1.54, 1.807) is 13.8 Å². The molecule has 0 spiro atoms. The lowest BCUT2D eigenvalue weighted by Crippen LogP contribution is -2.08. The molecule has 146 valence electrons. The van der Waals surface area contributed by atoms with Crippen LogP contribution >= 0.6 is 23.3 Å². The van der Waals surface area contributed by atoms with E-state index in [2.05, 4.69) is 19.9 Å². The van der Waals surface area contributed by atoms with Gasteiger partial charge in [-0.1, -0.05) is 21.5 Å². The lowest BCUT2D eigenvalue weighted by atomic mass is 10.3. The molecule has 9 nitrogen and oxygen atoms in total. The molecular weight excluding hydrogens is 409 g/mol. The monoisotopic (exact) mass is 423 g/mol. The zero-order valence-electron chi connectivity index (χ0n) is 14.8. The number of esters is 2. The molecule has 0 aliphatic heterocycles. The van der Waals surface area contributed by atoms with Gasteiger partial charge in [0.15, 0.2) is 5.69 Å². The zero-order chi connectivity index (χ0) is 20.1. The molecule has 3 aromatic rings. The van der Waals surface area contributed by atoms with Crippen molar-refractivity contribution in [3.63, 3.8) is 0 Å². The van der Waals surface area contributed by atoms with Gasteiger partial charge in [0.05, 0.1) is 18.9 Å². The fourth-order valence-corrected chi connectivity index (χ4v) is 3.84. The number of halogens is 1. The van der Waals surface area contributed by atoms with Crippen molar-refractivity contribution in [1.82, 2.24) is 24.6 Å². The number of carbonyl (C=O) groups excluding carboxylic acids is 2. The summed E-state index contributed by atoms with van der Waals surface area (Å²) in [5.74, 6) is -1.72. The van der Waals surface area contributed by atoms with Gasteiger partial charge >= 0.3 is 11.9 Å². The molecule has 0 N–H and O–H groups in total. The van der Waals surface area contributed by atoms with E-state index in [0.717, 1.165) is 23.3 Å². The van der Waals surface area contributed by atoms with Gasteiger partial charge in [0.2, 0.25) is 5.69 Å². The zero-order valence-corrected chi connectivity index (χ0v) is 16.4. The number of hydrogen-bond acceptors (Lipinski definition) is 10. The van der Waals surface area contributed by atoms with Gasteiger partial charge in [0.25, 0.3) is 0 Å². The Morgan fingerprint density at radius 2 is 1.71 bits per heavy atom. The summed E-state index contributed by atoms with van der Waals surface area (Å²) in [6.07, 6.45) is 0. The molecule has 28 heavy (non-hydrogen) atoms. The Morgan fingerprint density at radius 3 is 2.36 bits per heavy atom. The maximum absolute atomic E-state index is 13.3. The van der Waals surface area contributed by atoms with Gasteiger partial charge in [0.1, 0.15) is 15.1 Å². The summed E-state index contributed by atoms with van der Waals surface area (Å²) >= 11 is 1.99. The van der Waals surface area contributed by atoms with E-state index in [-0.39, 0.29) is 29.6 Å². The van der Waals surface area contributed by atoms with Gasteiger partial charge in [-0.05, 0) is 49.6 Å². The summed E-state index contributed by atoms with van der Waals surface area (Å²) in [7, 11) is 0. The summed E-state index contributed by atoms with van der Waals surface area (Å²) in [5, 5.41) is 12.0. The number of hydrogen-bond donors (Lipinski definition) is 0. The van der Waals surface area contributed by atoms with E-state index in [0.29, 0.717) is 9.90 Å². The predicted molar refractivity (Wildman–Crippen MR) is 97.3 cm³/mol. The molecule has 0 aliphatic carbocycles. The van der Waals surface area contributed by atoms with Gasteiger partial charge < -0.3 is 9.47 Å². The topological polar surface area (TPSA) is 109 Å². The molecule has 2 heterocycles. The van der Waals surface area contributed by atoms with Crippen LogP contribution in [0.15, 0.2) is 33.5 Å². The predicted octanol–water partition coefficient (Wildman–Crippen LogP) is 2.76. The number of benzene rings is 1. The first-order valence-electron chi connectivity index (χ1n) is 8.11. The minimum atomic E-state index is -0.673. The molecule has 0 radical (unpaired) electrons. The summed E-state index contributed by atoms with van der Waals surface area (Å²) < 4.78 is 28.8. The van der Waals surface area contributed by atoms with Gasteiger partial charge in [-0.2, -0.15) is 0 Å². The maximum Gasteiger partial charge on any atom is 0.361 e. The number of rotatable bonds is 7. The van der Waals surface area contributed by atoms with Crippen molar-refractivity contribution in [2.75, 3.05) is 13.2 Å². The molecule has 0 unspecified atom stereocenters. The van der Waals surface area contributed by atoms with Crippen LogP contribution in [0.4, 0.5) is 4.39 Å². The third-order valence-electron chi connectivity index (χ3n) is 3.29. The molecule has 0 aliphatic rings. The van der Waals surface area contributed by atoms with Crippen LogP contribution in [0, 0.1) is 5.82 Å². The van der Waals surface area contributed by atoms with Crippen molar-refractivity contribution >= 4 is 35.2 Å². The number of carbonyl (C=O) groups is 2. The van der Waals surface area contributed by atoms with Crippen molar-refractivity contribution in [3.05, 3.63) is 41.5 Å². The molecule has 12 heteroatoms. The lowest BCUT2D eigenvalue weighted by molar-refractivity contribution is 0.0507. The molecule has 0 saturated heterocycles. The van der Waals surface area contributed by atoms with Crippen LogP contribution in [0.3, 0.4) is 0 Å². The van der Waals surface area contributed by atoms with Gasteiger partial charge in [-0.3, -0.25) is 0 Å². The van der Waals surface area contributed by atoms with E-state index in [1.807, 2.05) is 0 Å². The highest BCUT2D eigenvalue weighted by Gasteiger charge is 2.27. The summed E-state index contributed by atoms with van der Waals surface area (Å²) in [6.45, 7) is 3.68. The Labute approximate surface area is 167 Å². The quantitative estimate of drug-likeness (QED) is 0.530. The van der Waals surface area contributed by atoms with Crippen molar-refractivity contribution in [3.8, 4) is 5.69 Å². The third-order valence-corrected chi connectivity index (χ3v) is 5.22. The molecule has 0 amide bonds. The van der Waals surface area contributed by atoms with Crippen LogP contribution < -0.4 is 0 Å². The lowest BCUT2D eigenvalue weighted by Gasteiger charge is -2.07. The van der Waals surface area contributed by atoms with Crippen molar-refractivity contribution < 1.29 is 23.5 Å². The first kappa shape index (κ1) is 19.9. The third kappa shape index (κ3) is 4.17. The summed E-state index contributed by atoms with van der Waals surface area (Å²) in [5.41, 5.74) is 0.458. The standard InChI is InChI=1S/C16H14FN5O4S2/c1-3-25-14(23)11-13(22(20-18-11)10-7-5-9(17)6-8-10)27-16-12(19-21-28-16)15(24)26-4-2/h5-8H,3-4H2,1-2H3. The normalized spacial score (nSPS) is 10.7. The number of nitrogens with zero attached hydrogens (tertiary/aromatic N) is 5. The van der Waals surface area contributed by atoms with Crippen molar-refractivity contribution in [1.29, 1.82) is 0 Å². The summed E-state index contributed by atoms with van der Waals surface area (Å²) in [6, 6.07) is 5.49. The molecule has 1 aromatic carbocycles. The van der Waals surface area contributed by atoms with Crippen LogP contribution in [0.25, 0.3) is 5.69 Å². The Bertz CT molecular complexity index is 989. The Kier molecular flexibility index (Phi) is 6.31. The van der Waals surface area contributed by atoms with E-state index in [1.165, 1.54) is 28.9 Å². The SMILES string of the molecule is CCOC(=O)c1nnsc1Sc1c(C(=O)OCC)nnn1-c1ccc(F)cc1. The van der Waals surface area contributed by atoms with Crippen LogP contribution in [0.2, 0.25) is 0 Å². The van der Waals surface area contributed by atoms with Crippen LogP contribution in [-0.2, 0) is 9.47 Å². The average Bonchev–Trinajstić information content (AvgIpc) is 3.30. The highest BCUT2D eigenvalue weighted by molar-refractivity contribution is 8.01. The second kappa shape index (κ2) is 8.89. The van der Waals surface area contributed by atoms with Crippen LogP contribution in [-0.4, -0.2) is 49.7 Å². The maximum atomic E-state index is 13.3. The van der Waals surface area contributed by atoms with E-state index < -0.39 is 17.8 Å². The van der Waals surface area contributed by atoms with E-state index in [9.17, 15) is 14.0 Å². The highest BCUT2D eigenvalue weighted by Crippen LogP contribution is 2.35. The highest BCUT2D eigenvalue weighted by atomic mass is 32.2. The molecule has 0 fully saturated rings. The van der Waals surface area contributed by atoms with Crippen LogP contribution in [0.1, 0.15) is 34.8 Å². The smallest absolute Gasteiger partial charge is 0.361 e. The fourth-order valence-electron chi connectivity index (χ4n) is 2.10. The minimum Gasteiger partial charge on any atom is -0.461 e. The number of aromatic nitrogens is 5. The van der Waals surface area contributed by atoms with E-state index in [4.69, 9.17) is 9.47 Å². The Hall–Kier alpha value is -2.86. The summed E-state index contributed by atoms with van der Waals surface area (Å²) in [4.78, 5) is 24.3. The number of ether oxygens (including phenoxy) is 2. The first-order valence-corrected chi connectivity index (χ1v) is 9.70. The largest absolute Gasteiger partial charge is 0.461 e. The van der Waals surface area contributed by atoms with Crippen LogP contribution in [0.5, 0.6) is 0 Å². The molecule has 3 rings (SSSR count). The van der Waals surface area contributed by atoms with Crippen molar-refractivity contribution in [2.24, 2.45) is 0 Å². The fraction of sp³-hybridized carbons (Fsp3) is 0.250. The van der Waals surface area contributed by atoms with Gasteiger partial charge in [-0.15, -0.1) is 10.2 Å². The van der Waals surface area contributed by atoms with Gasteiger partial charge in [-0.25, -0.2) is 18.7 Å². The van der Waals surface area contributed by atoms with E-state index >= 15 is 0 Å². The first-order chi connectivity index (χ1) is 13.5. The molecule has 2 aromatic heterocycles. The van der Waals surface area contributed by atoms with Gasteiger partial charge in [0, 0.05) is 0 Å². The van der Waals surface area contributed by atoms with Crippen molar-refractivity contribution in [2.45, 2.75) is 23.1 Å². The molecular formula is C16H14FN5O4S2.